The fraction of sp³-hybridized carbons (Fsp3) is 0.0769. The molecule has 2 rings (SSSR count). The Balaban J connectivity index is 2.36. The number of carbonyl (C=O) groups excluding carboxylic acids is 2. The van der Waals surface area contributed by atoms with E-state index >= 15 is 0 Å². The number of benzene rings is 1. The second kappa shape index (κ2) is 6.57. The van der Waals surface area contributed by atoms with Crippen LogP contribution in [0.15, 0.2) is 34.5 Å². The van der Waals surface area contributed by atoms with Gasteiger partial charge in [-0.15, -0.1) is 11.3 Å². The van der Waals surface area contributed by atoms with E-state index in [4.69, 9.17) is 17.3 Å². The van der Waals surface area contributed by atoms with Gasteiger partial charge in [0.2, 0.25) is 5.91 Å². The van der Waals surface area contributed by atoms with E-state index in [0.717, 1.165) is 18.4 Å². The van der Waals surface area contributed by atoms with Crippen LogP contribution in [0.1, 0.15) is 20.0 Å². The van der Waals surface area contributed by atoms with Crippen LogP contribution < -0.4 is 10.5 Å². The number of sulfonamides is 1. The third-order valence-corrected chi connectivity index (χ3v) is 5.54. The van der Waals surface area contributed by atoms with Crippen LogP contribution in [0.25, 0.3) is 0 Å². The van der Waals surface area contributed by atoms with Gasteiger partial charge in [0.1, 0.15) is 9.77 Å². The summed E-state index contributed by atoms with van der Waals surface area (Å²) in [5.41, 5.74) is 5.32. The summed E-state index contributed by atoms with van der Waals surface area (Å²) in [5.74, 6) is -1.47. The van der Waals surface area contributed by atoms with E-state index in [2.05, 4.69) is 9.46 Å². The number of nitrogens with two attached hydrogens (primary N) is 1. The van der Waals surface area contributed by atoms with Gasteiger partial charge in [-0.3, -0.25) is 9.52 Å². The molecule has 1 amide bonds. The van der Waals surface area contributed by atoms with Crippen LogP contribution in [-0.2, 0) is 14.8 Å². The van der Waals surface area contributed by atoms with Gasteiger partial charge in [0.15, 0.2) is 0 Å². The van der Waals surface area contributed by atoms with Crippen molar-refractivity contribution in [2.45, 2.75) is 4.90 Å². The Hall–Kier alpha value is -2.10. The summed E-state index contributed by atoms with van der Waals surface area (Å²) in [6.07, 6.45) is 0. The molecule has 122 valence electrons. The molecule has 0 spiro atoms. The first kappa shape index (κ1) is 17.3. The second-order valence-corrected chi connectivity index (χ2v) is 7.24. The lowest BCUT2D eigenvalue weighted by Gasteiger charge is -2.09. The second-order valence-electron chi connectivity index (χ2n) is 4.27. The van der Waals surface area contributed by atoms with E-state index in [1.54, 1.807) is 0 Å². The largest absolute Gasteiger partial charge is 0.465 e. The number of ether oxygens (including phenoxy) is 1. The molecule has 0 saturated heterocycles. The van der Waals surface area contributed by atoms with Gasteiger partial charge >= 0.3 is 5.97 Å². The zero-order chi connectivity index (χ0) is 17.2. The van der Waals surface area contributed by atoms with Crippen molar-refractivity contribution in [1.29, 1.82) is 0 Å². The number of amides is 1. The molecule has 0 saturated carbocycles. The number of methoxy groups -OCH3 is 1. The van der Waals surface area contributed by atoms with Gasteiger partial charge in [0.25, 0.3) is 10.0 Å². The van der Waals surface area contributed by atoms with Crippen LogP contribution >= 0.6 is 22.9 Å². The first-order valence-electron chi connectivity index (χ1n) is 6.04. The fourth-order valence-electron chi connectivity index (χ4n) is 1.74. The molecule has 2 aromatic rings. The summed E-state index contributed by atoms with van der Waals surface area (Å²) in [7, 11) is -2.86. The number of esters is 1. The van der Waals surface area contributed by atoms with Gasteiger partial charge in [-0.1, -0.05) is 11.6 Å². The number of halogens is 1. The third-order valence-electron chi connectivity index (χ3n) is 2.78. The summed E-state index contributed by atoms with van der Waals surface area (Å²) in [6.45, 7) is 0. The SMILES string of the molecule is COC(=O)c1sccc1S(=O)(=O)Nc1ccc(C(N)=O)c(Cl)c1. The van der Waals surface area contributed by atoms with Gasteiger partial charge < -0.3 is 10.5 Å². The summed E-state index contributed by atoms with van der Waals surface area (Å²) in [4.78, 5) is 22.5. The number of primary amides is 1. The maximum Gasteiger partial charge on any atom is 0.349 e. The molecule has 3 N–H and O–H groups in total. The predicted molar refractivity (Wildman–Crippen MR) is 86.4 cm³/mol. The molecule has 0 unspecified atom stereocenters. The molecule has 0 aliphatic carbocycles. The number of hydrogen-bond donors (Lipinski definition) is 2. The van der Waals surface area contributed by atoms with Crippen LogP contribution in [0, 0.1) is 0 Å². The Morgan fingerprint density at radius 3 is 2.57 bits per heavy atom. The molecule has 1 aromatic carbocycles. The number of thiophene rings is 1. The highest BCUT2D eigenvalue weighted by molar-refractivity contribution is 7.93. The number of nitrogens with one attached hydrogen (secondary N) is 1. The summed E-state index contributed by atoms with van der Waals surface area (Å²) in [6, 6.07) is 5.19. The first-order valence-corrected chi connectivity index (χ1v) is 8.78. The van der Waals surface area contributed by atoms with Crippen molar-refractivity contribution in [3.8, 4) is 0 Å². The Morgan fingerprint density at radius 1 is 1.30 bits per heavy atom. The van der Waals surface area contributed by atoms with Crippen LogP contribution in [0.5, 0.6) is 0 Å². The molecule has 0 aliphatic heterocycles. The lowest BCUT2D eigenvalue weighted by atomic mass is 10.2. The molecule has 1 aromatic heterocycles. The Morgan fingerprint density at radius 2 is 2.00 bits per heavy atom. The summed E-state index contributed by atoms with van der Waals surface area (Å²) in [5, 5.41) is 1.47. The number of hydrogen-bond acceptors (Lipinski definition) is 6. The Labute approximate surface area is 141 Å². The van der Waals surface area contributed by atoms with Crippen LogP contribution in [0.2, 0.25) is 5.02 Å². The van der Waals surface area contributed by atoms with Crippen molar-refractivity contribution < 1.29 is 22.7 Å². The van der Waals surface area contributed by atoms with Crippen molar-refractivity contribution in [2.75, 3.05) is 11.8 Å². The normalized spacial score (nSPS) is 11.0. The average Bonchev–Trinajstić information content (AvgIpc) is 2.96. The number of rotatable bonds is 5. The Bertz CT molecular complexity index is 876. The monoisotopic (exact) mass is 374 g/mol. The van der Waals surface area contributed by atoms with Crippen molar-refractivity contribution in [2.24, 2.45) is 5.73 Å². The maximum absolute atomic E-state index is 12.4. The van der Waals surface area contributed by atoms with E-state index in [0.29, 0.717) is 0 Å². The molecular weight excluding hydrogens is 364 g/mol. The lowest BCUT2D eigenvalue weighted by Crippen LogP contribution is -2.16. The van der Waals surface area contributed by atoms with Gasteiger partial charge in [0.05, 0.1) is 23.4 Å². The number of anilines is 1. The van der Waals surface area contributed by atoms with E-state index in [1.807, 2.05) is 0 Å². The zero-order valence-corrected chi connectivity index (χ0v) is 14.1. The lowest BCUT2D eigenvalue weighted by molar-refractivity contribution is 0.0602. The minimum atomic E-state index is -4.02. The minimum Gasteiger partial charge on any atom is -0.465 e. The zero-order valence-electron chi connectivity index (χ0n) is 11.7. The van der Waals surface area contributed by atoms with Crippen LogP contribution in [-0.4, -0.2) is 27.4 Å². The number of carbonyl (C=O) groups is 2. The van der Waals surface area contributed by atoms with Crippen molar-refractivity contribution in [3.63, 3.8) is 0 Å². The van der Waals surface area contributed by atoms with Gasteiger partial charge in [-0.25, -0.2) is 13.2 Å². The quantitative estimate of drug-likeness (QED) is 0.777. The standard InChI is InChI=1S/C13H11ClN2O5S2/c1-21-13(18)11-10(4-5-22-11)23(19,20)16-7-2-3-8(12(15)17)9(14)6-7/h2-6,16H,1H3,(H2,15,17). The van der Waals surface area contributed by atoms with Crippen LogP contribution in [0.3, 0.4) is 0 Å². The summed E-state index contributed by atoms with van der Waals surface area (Å²) < 4.78 is 31.6. The highest BCUT2D eigenvalue weighted by Gasteiger charge is 2.25. The average molecular weight is 375 g/mol. The van der Waals surface area contributed by atoms with E-state index in [-0.39, 0.29) is 26.0 Å². The van der Waals surface area contributed by atoms with Crippen molar-refractivity contribution in [1.82, 2.24) is 0 Å². The molecule has 7 nitrogen and oxygen atoms in total. The van der Waals surface area contributed by atoms with Crippen LogP contribution in [0.4, 0.5) is 5.69 Å². The molecule has 23 heavy (non-hydrogen) atoms. The van der Waals surface area contributed by atoms with E-state index < -0.39 is 21.9 Å². The maximum atomic E-state index is 12.4. The van der Waals surface area contributed by atoms with E-state index in [9.17, 15) is 18.0 Å². The minimum absolute atomic E-state index is 0.0104. The highest BCUT2D eigenvalue weighted by Crippen LogP contribution is 2.27. The van der Waals surface area contributed by atoms with Gasteiger partial charge in [-0.2, -0.15) is 0 Å². The first-order chi connectivity index (χ1) is 10.8. The molecule has 0 atom stereocenters. The van der Waals surface area contributed by atoms with Gasteiger partial charge in [0, 0.05) is 0 Å². The highest BCUT2D eigenvalue weighted by atomic mass is 35.5. The molecule has 0 fully saturated rings. The third kappa shape index (κ3) is 3.63. The van der Waals surface area contributed by atoms with Gasteiger partial charge in [-0.05, 0) is 29.6 Å². The summed E-state index contributed by atoms with van der Waals surface area (Å²) >= 11 is 6.82. The molecule has 10 heteroatoms. The topological polar surface area (TPSA) is 116 Å². The predicted octanol–water partition coefficient (Wildman–Crippen LogP) is 2.09. The van der Waals surface area contributed by atoms with Crippen molar-refractivity contribution >= 4 is 50.5 Å². The smallest absolute Gasteiger partial charge is 0.349 e. The van der Waals surface area contributed by atoms with Crippen molar-refractivity contribution in [3.05, 3.63) is 45.1 Å². The molecule has 0 bridgehead atoms. The molecule has 1 heterocycles. The molecule has 0 aliphatic rings. The molecule has 0 radical (unpaired) electrons. The Kier molecular flexibility index (Phi) is 4.93. The molecular formula is C13H11ClN2O5S2. The van der Waals surface area contributed by atoms with E-state index in [1.165, 1.54) is 29.6 Å². The fourth-order valence-corrected chi connectivity index (χ4v) is 4.40.